The number of aromatic nitrogens is 2. The van der Waals surface area contributed by atoms with Crippen LogP contribution in [0.3, 0.4) is 0 Å². The van der Waals surface area contributed by atoms with Crippen LogP contribution in [0.5, 0.6) is 0 Å². The number of likely N-dealkylation sites (tertiary alicyclic amines) is 1. The van der Waals surface area contributed by atoms with Crippen molar-refractivity contribution < 1.29 is 18.0 Å². The number of hydrogen-bond acceptors (Lipinski definition) is 5. The zero-order valence-corrected chi connectivity index (χ0v) is 20.8. The third-order valence-electron chi connectivity index (χ3n) is 6.34. The number of nitrogens with zero attached hydrogens (tertiary/aromatic N) is 4. The van der Waals surface area contributed by atoms with Gasteiger partial charge >= 0.3 is 0 Å². The number of fused-ring (bicyclic) bond motifs is 1. The summed E-state index contributed by atoms with van der Waals surface area (Å²) in [6.45, 7) is 4.07. The van der Waals surface area contributed by atoms with E-state index < -0.39 is 10.0 Å². The molecule has 0 unspecified atom stereocenters. The standard InChI is InChI=1S/C23H35N5O4S/c1-5-6-13-28-20-8-7-18(33(31,32)26(3)4)16-19(20)25-21(28)9-10-22(29)27-14-11-17(12-15-27)23(30)24-2/h7-8,16-17H,5-6,9-15H2,1-4H3,(H,24,30). The topological polar surface area (TPSA) is 105 Å². The minimum Gasteiger partial charge on any atom is -0.359 e. The average molecular weight is 478 g/mol. The first-order valence-electron chi connectivity index (χ1n) is 11.6. The van der Waals surface area contributed by atoms with Crippen LogP contribution in [0.25, 0.3) is 11.0 Å². The van der Waals surface area contributed by atoms with Crippen molar-refractivity contribution in [3.8, 4) is 0 Å². The summed E-state index contributed by atoms with van der Waals surface area (Å²) in [4.78, 5) is 31.4. The molecule has 1 aromatic heterocycles. The van der Waals surface area contributed by atoms with E-state index in [1.54, 1.807) is 19.2 Å². The summed E-state index contributed by atoms with van der Waals surface area (Å²) < 4.78 is 28.4. The van der Waals surface area contributed by atoms with Crippen LogP contribution in [0.2, 0.25) is 0 Å². The molecule has 2 aromatic rings. The van der Waals surface area contributed by atoms with E-state index in [1.807, 2.05) is 11.0 Å². The predicted octanol–water partition coefficient (Wildman–Crippen LogP) is 2.00. The molecule has 0 saturated carbocycles. The molecule has 1 aromatic carbocycles. The van der Waals surface area contributed by atoms with Crippen LogP contribution < -0.4 is 5.32 Å². The Bertz CT molecular complexity index is 1100. The first-order valence-corrected chi connectivity index (χ1v) is 13.0. The molecule has 0 atom stereocenters. The molecule has 1 N–H and O–H groups in total. The van der Waals surface area contributed by atoms with Gasteiger partial charge < -0.3 is 14.8 Å². The first-order chi connectivity index (χ1) is 15.7. The number of piperidine rings is 1. The molecule has 182 valence electrons. The third kappa shape index (κ3) is 5.55. The van der Waals surface area contributed by atoms with Gasteiger partial charge in [0.2, 0.25) is 21.8 Å². The second kappa shape index (κ2) is 10.6. The summed E-state index contributed by atoms with van der Waals surface area (Å²) in [7, 11) is 1.11. The number of sulfonamides is 1. The Hall–Kier alpha value is -2.46. The van der Waals surface area contributed by atoms with Crippen LogP contribution in [0.15, 0.2) is 23.1 Å². The van der Waals surface area contributed by atoms with Gasteiger partial charge in [-0.2, -0.15) is 0 Å². The van der Waals surface area contributed by atoms with E-state index in [0.29, 0.717) is 44.3 Å². The van der Waals surface area contributed by atoms with Crippen LogP contribution in [0.4, 0.5) is 0 Å². The molecule has 3 rings (SSSR count). The number of carbonyl (C=O) groups is 2. The maximum absolute atomic E-state index is 12.8. The minimum atomic E-state index is -3.55. The molecule has 2 heterocycles. The van der Waals surface area contributed by atoms with Crippen molar-refractivity contribution in [1.82, 2.24) is 24.1 Å². The number of nitrogens with one attached hydrogen (secondary N) is 1. The van der Waals surface area contributed by atoms with E-state index in [1.165, 1.54) is 18.4 Å². The van der Waals surface area contributed by atoms with Crippen molar-refractivity contribution in [2.75, 3.05) is 34.2 Å². The Morgan fingerprint density at radius 2 is 1.91 bits per heavy atom. The zero-order chi connectivity index (χ0) is 24.2. The lowest BCUT2D eigenvalue weighted by atomic mass is 9.96. The molecule has 0 aliphatic carbocycles. The average Bonchev–Trinajstić information content (AvgIpc) is 3.17. The molecule has 10 heteroatoms. The molecule has 1 saturated heterocycles. The van der Waals surface area contributed by atoms with Gasteiger partial charge in [-0.1, -0.05) is 13.3 Å². The highest BCUT2D eigenvalue weighted by Crippen LogP contribution is 2.24. The van der Waals surface area contributed by atoms with E-state index in [0.717, 1.165) is 30.7 Å². The van der Waals surface area contributed by atoms with Crippen LogP contribution in [-0.2, 0) is 32.6 Å². The second-order valence-electron chi connectivity index (χ2n) is 8.74. The Balaban J connectivity index is 1.76. The number of imidazole rings is 1. The lowest BCUT2D eigenvalue weighted by Gasteiger charge is -2.31. The van der Waals surface area contributed by atoms with Crippen LogP contribution in [0, 0.1) is 5.92 Å². The lowest BCUT2D eigenvalue weighted by molar-refractivity contribution is -0.135. The highest BCUT2D eigenvalue weighted by molar-refractivity contribution is 7.89. The molecule has 2 amide bonds. The van der Waals surface area contributed by atoms with Crippen molar-refractivity contribution in [2.24, 2.45) is 5.92 Å². The van der Waals surface area contributed by atoms with Gasteiger partial charge in [-0.25, -0.2) is 17.7 Å². The minimum absolute atomic E-state index is 0.0232. The van der Waals surface area contributed by atoms with E-state index in [4.69, 9.17) is 4.98 Å². The van der Waals surface area contributed by atoms with Crippen LogP contribution in [-0.4, -0.2) is 73.2 Å². The molecule has 1 aliphatic rings. The normalized spacial score (nSPS) is 15.4. The fraction of sp³-hybridized carbons (Fsp3) is 0.609. The van der Waals surface area contributed by atoms with Gasteiger partial charge in [-0.05, 0) is 37.5 Å². The maximum atomic E-state index is 12.8. The number of unbranched alkanes of at least 4 members (excludes halogenated alkanes) is 1. The molecular weight excluding hydrogens is 442 g/mol. The Kier molecular flexibility index (Phi) is 8.12. The van der Waals surface area contributed by atoms with Crippen molar-refractivity contribution in [1.29, 1.82) is 0 Å². The van der Waals surface area contributed by atoms with E-state index >= 15 is 0 Å². The van der Waals surface area contributed by atoms with Crippen LogP contribution in [0.1, 0.15) is 44.9 Å². The van der Waals surface area contributed by atoms with Crippen molar-refractivity contribution in [2.45, 2.75) is 56.9 Å². The predicted molar refractivity (Wildman–Crippen MR) is 127 cm³/mol. The number of amides is 2. The molecular formula is C23H35N5O4S. The van der Waals surface area contributed by atoms with E-state index in [2.05, 4.69) is 16.8 Å². The number of carbonyl (C=O) groups excluding carboxylic acids is 2. The van der Waals surface area contributed by atoms with Gasteiger partial charge in [0.15, 0.2) is 0 Å². The molecule has 0 radical (unpaired) electrons. The summed E-state index contributed by atoms with van der Waals surface area (Å²) in [5.41, 5.74) is 1.51. The van der Waals surface area contributed by atoms with Gasteiger partial charge in [0.25, 0.3) is 0 Å². The molecule has 33 heavy (non-hydrogen) atoms. The summed E-state index contributed by atoms with van der Waals surface area (Å²) in [6, 6.07) is 5.04. The molecule has 1 aliphatic heterocycles. The quantitative estimate of drug-likeness (QED) is 0.595. The summed E-state index contributed by atoms with van der Waals surface area (Å²) in [5.74, 6) is 0.883. The lowest BCUT2D eigenvalue weighted by Crippen LogP contribution is -2.42. The van der Waals surface area contributed by atoms with Gasteiger partial charge in [0.1, 0.15) is 5.82 Å². The van der Waals surface area contributed by atoms with Crippen molar-refractivity contribution in [3.63, 3.8) is 0 Å². The smallest absolute Gasteiger partial charge is 0.242 e. The van der Waals surface area contributed by atoms with E-state index in [-0.39, 0.29) is 22.6 Å². The number of hydrogen-bond donors (Lipinski definition) is 1. The molecule has 9 nitrogen and oxygen atoms in total. The van der Waals surface area contributed by atoms with Crippen molar-refractivity contribution >= 4 is 32.9 Å². The number of aryl methyl sites for hydroxylation is 2. The maximum Gasteiger partial charge on any atom is 0.242 e. The third-order valence-corrected chi connectivity index (χ3v) is 8.15. The largest absolute Gasteiger partial charge is 0.359 e. The summed E-state index contributed by atoms with van der Waals surface area (Å²) >= 11 is 0. The monoisotopic (exact) mass is 477 g/mol. The summed E-state index contributed by atoms with van der Waals surface area (Å²) in [5, 5.41) is 2.69. The highest BCUT2D eigenvalue weighted by atomic mass is 32.2. The van der Waals surface area contributed by atoms with Gasteiger partial charge in [-0.3, -0.25) is 9.59 Å². The van der Waals surface area contributed by atoms with Gasteiger partial charge in [0.05, 0.1) is 15.9 Å². The van der Waals surface area contributed by atoms with Crippen LogP contribution >= 0.6 is 0 Å². The zero-order valence-electron chi connectivity index (χ0n) is 20.0. The van der Waals surface area contributed by atoms with E-state index in [9.17, 15) is 18.0 Å². The molecule has 1 fully saturated rings. The highest BCUT2D eigenvalue weighted by Gasteiger charge is 2.27. The van der Waals surface area contributed by atoms with Gasteiger partial charge in [-0.15, -0.1) is 0 Å². The Labute approximate surface area is 196 Å². The second-order valence-corrected chi connectivity index (χ2v) is 10.9. The molecule has 0 spiro atoms. The number of rotatable bonds is 9. The fourth-order valence-electron chi connectivity index (χ4n) is 4.26. The Morgan fingerprint density at radius 3 is 2.52 bits per heavy atom. The Morgan fingerprint density at radius 1 is 1.21 bits per heavy atom. The fourth-order valence-corrected chi connectivity index (χ4v) is 5.18. The van der Waals surface area contributed by atoms with Crippen molar-refractivity contribution in [3.05, 3.63) is 24.0 Å². The van der Waals surface area contributed by atoms with Gasteiger partial charge in [0, 0.05) is 59.5 Å². The number of benzene rings is 1. The molecule has 0 bridgehead atoms. The first kappa shape index (κ1) is 25.2. The SMILES string of the molecule is CCCCn1c(CCC(=O)N2CCC(C(=O)NC)CC2)nc2cc(S(=O)(=O)N(C)C)ccc21. The summed E-state index contributed by atoms with van der Waals surface area (Å²) in [6.07, 6.45) is 4.18.